The van der Waals surface area contributed by atoms with Gasteiger partial charge in [0, 0.05) is 23.2 Å². The highest BCUT2D eigenvalue weighted by molar-refractivity contribution is 5.94. The minimum atomic E-state index is 0.0766. The van der Waals surface area contributed by atoms with Gasteiger partial charge in [-0.3, -0.25) is 9.59 Å². The molecule has 1 rings (SSSR count). The summed E-state index contributed by atoms with van der Waals surface area (Å²) in [6, 6.07) is 7.46. The van der Waals surface area contributed by atoms with Crippen molar-refractivity contribution in [2.75, 3.05) is 10.6 Å². The van der Waals surface area contributed by atoms with E-state index in [1.165, 1.54) is 0 Å². The third-order valence-corrected chi connectivity index (χ3v) is 4.98. The summed E-state index contributed by atoms with van der Waals surface area (Å²) < 4.78 is 0. The van der Waals surface area contributed by atoms with Gasteiger partial charge in [-0.05, 0) is 49.9 Å². The van der Waals surface area contributed by atoms with Crippen LogP contribution in [0.4, 0.5) is 11.4 Å². The standard InChI is InChI=1S/C23H38N2O2/c1-5-9-13-19(12-8-4)23(27)25-21-16-14-20(15-17-21)24-22(26)18(10-6-2)11-7-3/h14-19H,5-13H2,1-4H3,(H,24,26)(H,25,27). The van der Waals surface area contributed by atoms with Gasteiger partial charge in [0.05, 0.1) is 0 Å². The van der Waals surface area contributed by atoms with Crippen molar-refractivity contribution in [1.82, 2.24) is 0 Å². The molecule has 27 heavy (non-hydrogen) atoms. The molecule has 4 nitrogen and oxygen atoms in total. The lowest BCUT2D eigenvalue weighted by Gasteiger charge is -2.17. The topological polar surface area (TPSA) is 58.2 Å². The largest absolute Gasteiger partial charge is 0.326 e. The Morgan fingerprint density at radius 1 is 0.667 bits per heavy atom. The quantitative estimate of drug-likeness (QED) is 0.420. The Morgan fingerprint density at radius 2 is 1.04 bits per heavy atom. The number of carbonyl (C=O) groups excluding carboxylic acids is 2. The van der Waals surface area contributed by atoms with Crippen molar-refractivity contribution in [2.24, 2.45) is 11.8 Å². The molecule has 4 heteroatoms. The maximum Gasteiger partial charge on any atom is 0.227 e. The lowest BCUT2D eigenvalue weighted by molar-refractivity contribution is -0.121. The summed E-state index contributed by atoms with van der Waals surface area (Å²) in [5.41, 5.74) is 1.57. The third-order valence-electron chi connectivity index (χ3n) is 4.98. The van der Waals surface area contributed by atoms with Crippen LogP contribution in [0.3, 0.4) is 0 Å². The van der Waals surface area contributed by atoms with E-state index in [2.05, 4.69) is 38.3 Å². The summed E-state index contributed by atoms with van der Waals surface area (Å²) in [5, 5.41) is 6.04. The minimum Gasteiger partial charge on any atom is -0.326 e. The van der Waals surface area contributed by atoms with E-state index in [1.807, 2.05) is 24.3 Å². The first-order valence-corrected chi connectivity index (χ1v) is 10.8. The molecule has 2 amide bonds. The van der Waals surface area contributed by atoms with Gasteiger partial charge in [-0.1, -0.05) is 59.8 Å². The van der Waals surface area contributed by atoms with E-state index < -0.39 is 0 Å². The molecule has 0 heterocycles. The van der Waals surface area contributed by atoms with Crippen LogP contribution in [-0.4, -0.2) is 11.8 Å². The van der Waals surface area contributed by atoms with Crippen molar-refractivity contribution in [3.05, 3.63) is 24.3 Å². The SMILES string of the molecule is CCCCC(CCC)C(=O)Nc1ccc(NC(=O)C(CCC)CCC)cc1. The Balaban J connectivity index is 2.64. The van der Waals surface area contributed by atoms with Crippen molar-refractivity contribution in [1.29, 1.82) is 0 Å². The molecule has 0 aliphatic carbocycles. The van der Waals surface area contributed by atoms with E-state index in [0.717, 1.165) is 69.2 Å². The second kappa shape index (κ2) is 13.3. The number of amides is 2. The summed E-state index contributed by atoms with van der Waals surface area (Å²) in [5.74, 6) is 0.358. The monoisotopic (exact) mass is 374 g/mol. The molecule has 0 aromatic heterocycles. The Labute approximate surface area is 165 Å². The fourth-order valence-electron chi connectivity index (χ4n) is 3.43. The van der Waals surface area contributed by atoms with E-state index in [-0.39, 0.29) is 23.7 Å². The van der Waals surface area contributed by atoms with E-state index in [1.54, 1.807) is 0 Å². The fourth-order valence-corrected chi connectivity index (χ4v) is 3.43. The van der Waals surface area contributed by atoms with Crippen molar-refractivity contribution in [2.45, 2.75) is 85.5 Å². The van der Waals surface area contributed by atoms with Gasteiger partial charge < -0.3 is 10.6 Å². The number of hydrogen-bond acceptors (Lipinski definition) is 2. The number of rotatable bonds is 13. The number of hydrogen-bond donors (Lipinski definition) is 2. The molecular weight excluding hydrogens is 336 g/mol. The minimum absolute atomic E-state index is 0.0766. The van der Waals surface area contributed by atoms with Gasteiger partial charge in [0.2, 0.25) is 11.8 Å². The fraction of sp³-hybridized carbons (Fsp3) is 0.652. The van der Waals surface area contributed by atoms with E-state index in [9.17, 15) is 9.59 Å². The molecule has 0 fully saturated rings. The molecule has 1 unspecified atom stereocenters. The number of anilines is 2. The van der Waals surface area contributed by atoms with Crippen molar-refractivity contribution in [3.63, 3.8) is 0 Å². The summed E-state index contributed by atoms with van der Waals surface area (Å²) in [7, 11) is 0. The smallest absolute Gasteiger partial charge is 0.227 e. The Kier molecular flexibility index (Phi) is 11.5. The maximum atomic E-state index is 12.5. The second-order valence-electron chi connectivity index (χ2n) is 7.46. The number of nitrogens with one attached hydrogen (secondary N) is 2. The van der Waals surface area contributed by atoms with Gasteiger partial charge in [-0.15, -0.1) is 0 Å². The highest BCUT2D eigenvalue weighted by Crippen LogP contribution is 2.21. The van der Waals surface area contributed by atoms with Gasteiger partial charge in [0.25, 0.3) is 0 Å². The average molecular weight is 375 g/mol. The van der Waals surface area contributed by atoms with Crippen LogP contribution in [-0.2, 0) is 9.59 Å². The van der Waals surface area contributed by atoms with E-state index in [0.29, 0.717) is 0 Å². The van der Waals surface area contributed by atoms with Crippen LogP contribution in [0, 0.1) is 11.8 Å². The van der Waals surface area contributed by atoms with Gasteiger partial charge in [-0.2, -0.15) is 0 Å². The average Bonchev–Trinajstić information content (AvgIpc) is 2.66. The number of benzene rings is 1. The second-order valence-corrected chi connectivity index (χ2v) is 7.46. The van der Waals surface area contributed by atoms with Crippen molar-refractivity contribution >= 4 is 23.2 Å². The summed E-state index contributed by atoms with van der Waals surface area (Å²) in [4.78, 5) is 25.0. The molecule has 2 N–H and O–H groups in total. The molecule has 0 bridgehead atoms. The first-order valence-electron chi connectivity index (χ1n) is 10.8. The predicted molar refractivity (Wildman–Crippen MR) is 115 cm³/mol. The van der Waals surface area contributed by atoms with Crippen LogP contribution >= 0.6 is 0 Å². The Bertz CT molecular complexity index is 548. The zero-order chi connectivity index (χ0) is 20.1. The Hall–Kier alpha value is -1.84. The molecule has 0 radical (unpaired) electrons. The zero-order valence-corrected chi connectivity index (χ0v) is 17.6. The molecule has 1 aromatic carbocycles. The summed E-state index contributed by atoms with van der Waals surface area (Å²) >= 11 is 0. The van der Waals surface area contributed by atoms with Crippen LogP contribution in [0.1, 0.15) is 85.5 Å². The third kappa shape index (κ3) is 8.59. The molecule has 0 saturated carbocycles. The van der Waals surface area contributed by atoms with Crippen molar-refractivity contribution in [3.8, 4) is 0 Å². The number of unbranched alkanes of at least 4 members (excludes halogenated alkanes) is 1. The van der Waals surface area contributed by atoms with Crippen LogP contribution in [0.2, 0.25) is 0 Å². The normalized spacial score (nSPS) is 12.0. The first kappa shape index (κ1) is 23.2. The molecular formula is C23H38N2O2. The molecule has 0 aliphatic rings. The summed E-state index contributed by atoms with van der Waals surface area (Å²) in [6.07, 6.45) is 8.95. The highest BCUT2D eigenvalue weighted by Gasteiger charge is 2.18. The van der Waals surface area contributed by atoms with Gasteiger partial charge in [0.15, 0.2) is 0 Å². The zero-order valence-electron chi connectivity index (χ0n) is 17.6. The summed E-state index contributed by atoms with van der Waals surface area (Å²) in [6.45, 7) is 8.49. The van der Waals surface area contributed by atoms with Crippen LogP contribution < -0.4 is 10.6 Å². The van der Waals surface area contributed by atoms with E-state index >= 15 is 0 Å². The number of carbonyl (C=O) groups is 2. The van der Waals surface area contributed by atoms with Gasteiger partial charge >= 0.3 is 0 Å². The predicted octanol–water partition coefficient (Wildman–Crippen LogP) is 6.39. The van der Waals surface area contributed by atoms with E-state index in [4.69, 9.17) is 0 Å². The van der Waals surface area contributed by atoms with Gasteiger partial charge in [0.1, 0.15) is 0 Å². The van der Waals surface area contributed by atoms with Crippen LogP contribution in [0.25, 0.3) is 0 Å². The molecule has 1 aromatic rings. The lowest BCUT2D eigenvalue weighted by atomic mass is 9.96. The molecule has 0 aliphatic heterocycles. The Morgan fingerprint density at radius 3 is 1.37 bits per heavy atom. The lowest BCUT2D eigenvalue weighted by Crippen LogP contribution is -2.23. The molecule has 0 spiro atoms. The molecule has 152 valence electrons. The first-order chi connectivity index (χ1) is 13.0. The highest BCUT2D eigenvalue weighted by atomic mass is 16.2. The van der Waals surface area contributed by atoms with Crippen LogP contribution in [0.5, 0.6) is 0 Å². The van der Waals surface area contributed by atoms with Gasteiger partial charge in [-0.25, -0.2) is 0 Å². The molecule has 0 saturated heterocycles. The van der Waals surface area contributed by atoms with Crippen LogP contribution in [0.15, 0.2) is 24.3 Å². The molecule has 1 atom stereocenters. The maximum absolute atomic E-state index is 12.5. The van der Waals surface area contributed by atoms with Crippen molar-refractivity contribution < 1.29 is 9.59 Å².